The number of aliphatic hydroxyl groups is 1. The molecule has 7 nitrogen and oxygen atoms in total. The summed E-state index contributed by atoms with van der Waals surface area (Å²) in [5.74, 6) is 5.20. The number of fused-ring (bicyclic) bond motifs is 1. The van der Waals surface area contributed by atoms with Crippen LogP contribution in [-0.4, -0.2) is 54.2 Å². The monoisotopic (exact) mass is 415 g/mol. The number of hydrogen-bond donors (Lipinski definition) is 2. The van der Waals surface area contributed by atoms with Crippen molar-refractivity contribution in [1.82, 2.24) is 5.32 Å². The van der Waals surface area contributed by atoms with Gasteiger partial charge in [0.15, 0.2) is 0 Å². The Morgan fingerprint density at radius 1 is 1.30 bits per heavy atom. The van der Waals surface area contributed by atoms with E-state index in [1.807, 2.05) is 31.2 Å². The molecule has 2 saturated heterocycles. The van der Waals surface area contributed by atoms with Crippen molar-refractivity contribution < 1.29 is 28.9 Å². The van der Waals surface area contributed by atoms with Crippen molar-refractivity contribution >= 4 is 12.1 Å². The molecule has 1 unspecified atom stereocenters. The molecule has 2 aliphatic rings. The van der Waals surface area contributed by atoms with Crippen LogP contribution in [0.1, 0.15) is 38.8 Å². The van der Waals surface area contributed by atoms with E-state index in [9.17, 15) is 14.7 Å². The zero-order valence-electron chi connectivity index (χ0n) is 17.8. The van der Waals surface area contributed by atoms with Crippen LogP contribution >= 0.6 is 0 Å². The maximum Gasteiger partial charge on any atom is 0.408 e. The Hall–Kier alpha value is -2.56. The average molecular weight is 415 g/mol. The zero-order chi connectivity index (χ0) is 21.9. The Morgan fingerprint density at radius 3 is 2.77 bits per heavy atom. The molecule has 162 valence electrons. The van der Waals surface area contributed by atoms with E-state index in [4.69, 9.17) is 14.2 Å². The van der Waals surface area contributed by atoms with Crippen molar-refractivity contribution in [2.45, 2.75) is 58.0 Å². The van der Waals surface area contributed by atoms with Gasteiger partial charge in [-0.15, -0.1) is 0 Å². The van der Waals surface area contributed by atoms with Crippen molar-refractivity contribution in [3.63, 3.8) is 0 Å². The molecule has 2 fully saturated rings. The highest BCUT2D eigenvalue weighted by Crippen LogP contribution is 2.43. The minimum absolute atomic E-state index is 0.116. The molecule has 2 aliphatic heterocycles. The maximum absolute atomic E-state index is 12.3. The summed E-state index contributed by atoms with van der Waals surface area (Å²) in [6.07, 6.45) is -0.940. The molecule has 0 spiro atoms. The van der Waals surface area contributed by atoms with Gasteiger partial charge < -0.3 is 24.6 Å². The van der Waals surface area contributed by atoms with Crippen LogP contribution in [0.5, 0.6) is 0 Å². The van der Waals surface area contributed by atoms with E-state index in [0.717, 1.165) is 11.1 Å². The van der Waals surface area contributed by atoms with Crippen molar-refractivity contribution in [2.75, 3.05) is 13.2 Å². The van der Waals surface area contributed by atoms with E-state index >= 15 is 0 Å². The minimum atomic E-state index is -0.550. The molecule has 30 heavy (non-hydrogen) atoms. The standard InChI is InChI=1S/C23H29NO6/c1-14-19-18(13-25)29-17(20(19)21(26)28-14)12-16-8-5-7-15(11-16)9-6-10-24-22(27)30-23(2,3)4/h5,7-8,11,14,17-20,25H,10,12-13H2,1-4H3,(H,24,27)/t14-,17?,18-,19+,20-/m1/s1. The number of carbonyl (C=O) groups is 2. The van der Waals surface area contributed by atoms with Crippen molar-refractivity contribution in [3.05, 3.63) is 35.4 Å². The van der Waals surface area contributed by atoms with Crippen LogP contribution in [0.2, 0.25) is 0 Å². The molecular formula is C23H29NO6. The highest BCUT2D eigenvalue weighted by molar-refractivity contribution is 5.76. The second-order valence-electron chi connectivity index (χ2n) is 8.70. The number of nitrogens with one attached hydrogen (secondary N) is 1. The number of hydrogen-bond acceptors (Lipinski definition) is 6. The number of esters is 1. The normalized spacial score (nSPS) is 27.6. The lowest BCUT2D eigenvalue weighted by atomic mass is 9.84. The predicted molar refractivity (Wildman–Crippen MR) is 110 cm³/mol. The first-order chi connectivity index (χ1) is 14.2. The van der Waals surface area contributed by atoms with Gasteiger partial charge in [-0.3, -0.25) is 4.79 Å². The molecule has 2 heterocycles. The van der Waals surface area contributed by atoms with Gasteiger partial charge >= 0.3 is 12.1 Å². The number of aliphatic hydroxyl groups excluding tert-OH is 1. The predicted octanol–water partition coefficient (Wildman–Crippen LogP) is 2.04. The average Bonchev–Trinajstić information content (AvgIpc) is 3.16. The third kappa shape index (κ3) is 5.32. The molecule has 1 aromatic rings. The van der Waals surface area contributed by atoms with Crippen LogP contribution in [0.25, 0.3) is 0 Å². The molecule has 0 radical (unpaired) electrons. The number of amides is 1. The summed E-state index contributed by atoms with van der Waals surface area (Å²) in [6, 6.07) is 7.67. The van der Waals surface area contributed by atoms with Crippen LogP contribution in [0.4, 0.5) is 4.79 Å². The number of cyclic esters (lactones) is 1. The van der Waals surface area contributed by atoms with Crippen LogP contribution in [0.15, 0.2) is 24.3 Å². The lowest BCUT2D eigenvalue weighted by molar-refractivity contribution is -0.148. The number of benzene rings is 1. The fraction of sp³-hybridized carbons (Fsp3) is 0.565. The van der Waals surface area contributed by atoms with Gasteiger partial charge in [-0.05, 0) is 51.8 Å². The Kier molecular flexibility index (Phi) is 6.69. The molecule has 3 rings (SSSR count). The fourth-order valence-electron chi connectivity index (χ4n) is 4.05. The molecule has 2 N–H and O–H groups in total. The fourth-order valence-corrected chi connectivity index (χ4v) is 4.05. The van der Waals surface area contributed by atoms with Crippen molar-refractivity contribution in [1.29, 1.82) is 0 Å². The number of rotatable bonds is 4. The van der Waals surface area contributed by atoms with Gasteiger partial charge in [0.05, 0.1) is 31.3 Å². The van der Waals surface area contributed by atoms with E-state index < -0.39 is 11.7 Å². The van der Waals surface area contributed by atoms with Crippen molar-refractivity contribution in [2.24, 2.45) is 11.8 Å². The van der Waals surface area contributed by atoms with Gasteiger partial charge in [0.25, 0.3) is 0 Å². The summed E-state index contributed by atoms with van der Waals surface area (Å²) in [6.45, 7) is 7.29. The molecule has 0 saturated carbocycles. The largest absolute Gasteiger partial charge is 0.462 e. The second-order valence-corrected chi connectivity index (χ2v) is 8.70. The van der Waals surface area contributed by atoms with Gasteiger partial charge in [0.2, 0.25) is 0 Å². The number of ether oxygens (including phenoxy) is 3. The first kappa shape index (κ1) is 22.1. The molecule has 1 aromatic carbocycles. The van der Waals surface area contributed by atoms with Crippen LogP contribution in [0.3, 0.4) is 0 Å². The summed E-state index contributed by atoms with van der Waals surface area (Å²) >= 11 is 0. The third-order valence-electron chi connectivity index (χ3n) is 5.21. The lowest BCUT2D eigenvalue weighted by Crippen LogP contribution is -2.32. The second kappa shape index (κ2) is 9.07. The molecule has 1 amide bonds. The highest BCUT2D eigenvalue weighted by Gasteiger charge is 2.56. The Labute approximate surface area is 177 Å². The molecule has 0 aromatic heterocycles. The van der Waals surface area contributed by atoms with Gasteiger partial charge in [-0.2, -0.15) is 0 Å². The molecule has 5 atom stereocenters. The first-order valence-electron chi connectivity index (χ1n) is 10.2. The number of carbonyl (C=O) groups excluding carboxylic acids is 2. The van der Waals surface area contributed by atoms with E-state index in [0.29, 0.717) is 6.42 Å². The Balaban J connectivity index is 1.60. The van der Waals surface area contributed by atoms with E-state index in [2.05, 4.69) is 17.2 Å². The maximum atomic E-state index is 12.3. The Bertz CT molecular complexity index is 849. The van der Waals surface area contributed by atoms with Gasteiger partial charge in [0, 0.05) is 11.5 Å². The van der Waals surface area contributed by atoms with E-state index in [1.165, 1.54) is 0 Å². The molecular weight excluding hydrogens is 386 g/mol. The molecule has 0 bridgehead atoms. The summed E-state index contributed by atoms with van der Waals surface area (Å²) in [7, 11) is 0. The number of alkyl carbamates (subject to hydrolysis) is 1. The van der Waals surface area contributed by atoms with Crippen LogP contribution < -0.4 is 5.32 Å². The smallest absolute Gasteiger partial charge is 0.408 e. The topological polar surface area (TPSA) is 94.1 Å². The van der Waals surface area contributed by atoms with Gasteiger partial charge in [-0.1, -0.05) is 24.0 Å². The summed E-state index contributed by atoms with van der Waals surface area (Å²) < 4.78 is 16.5. The molecule has 0 aliphatic carbocycles. The minimum Gasteiger partial charge on any atom is -0.462 e. The van der Waals surface area contributed by atoms with Crippen LogP contribution in [0, 0.1) is 23.7 Å². The zero-order valence-corrected chi connectivity index (χ0v) is 17.8. The highest BCUT2D eigenvalue weighted by atomic mass is 16.6. The van der Waals surface area contributed by atoms with Gasteiger partial charge in [0.1, 0.15) is 11.7 Å². The Morgan fingerprint density at radius 2 is 2.07 bits per heavy atom. The summed E-state index contributed by atoms with van der Waals surface area (Å²) in [5, 5.41) is 12.2. The SMILES string of the molecule is C[C@H]1OC(=O)[C@@H]2C(Cc3cccc(C#CCNC(=O)OC(C)(C)C)c3)O[C@H](CO)[C@@H]21. The van der Waals surface area contributed by atoms with Crippen LogP contribution in [-0.2, 0) is 25.4 Å². The third-order valence-corrected chi connectivity index (χ3v) is 5.21. The van der Waals surface area contributed by atoms with E-state index in [1.54, 1.807) is 20.8 Å². The molecule has 7 heteroatoms. The van der Waals surface area contributed by atoms with E-state index in [-0.39, 0.29) is 49.3 Å². The quantitative estimate of drug-likeness (QED) is 0.577. The van der Waals surface area contributed by atoms with Crippen molar-refractivity contribution in [3.8, 4) is 11.8 Å². The lowest BCUT2D eigenvalue weighted by Gasteiger charge is -2.19. The summed E-state index contributed by atoms with van der Waals surface area (Å²) in [4.78, 5) is 23.9. The first-order valence-corrected chi connectivity index (χ1v) is 10.2. The summed E-state index contributed by atoms with van der Waals surface area (Å²) in [5.41, 5.74) is 1.23. The van der Waals surface area contributed by atoms with Gasteiger partial charge in [-0.25, -0.2) is 4.79 Å².